The third-order valence-corrected chi connectivity index (χ3v) is 3.53. The van der Waals surface area contributed by atoms with Crippen LogP contribution in [-0.2, 0) is 10.0 Å². The van der Waals surface area contributed by atoms with Crippen molar-refractivity contribution in [2.75, 3.05) is 25.4 Å². The van der Waals surface area contributed by atoms with E-state index < -0.39 is 10.0 Å². The lowest BCUT2D eigenvalue weighted by Crippen LogP contribution is -2.34. The Morgan fingerprint density at radius 3 is 2.00 bits per heavy atom. The minimum absolute atomic E-state index is 0.0503. The maximum Gasteiger partial charge on any atom is 0.215 e. The Bertz CT molecular complexity index is 185. The molecule has 0 bridgehead atoms. The maximum absolute atomic E-state index is 11.2. The molecule has 4 nitrogen and oxygen atoms in total. The highest BCUT2D eigenvalue weighted by molar-refractivity contribution is 7.89. The fourth-order valence-corrected chi connectivity index (χ4v) is 2.24. The highest BCUT2D eigenvalue weighted by Crippen LogP contribution is 1.98. The van der Waals surface area contributed by atoms with E-state index in [1.54, 1.807) is 0 Å². The van der Waals surface area contributed by atoms with Gasteiger partial charge in [0.1, 0.15) is 0 Å². The first kappa shape index (κ1) is 10.9. The minimum atomic E-state index is -3.06. The Kier molecular flexibility index (Phi) is 4.63. The molecule has 0 aliphatic heterocycles. The summed E-state index contributed by atoms with van der Waals surface area (Å²) < 4.78 is 23.9. The fraction of sp³-hybridized carbons (Fsp3) is 1.00. The molecule has 0 heterocycles. The van der Waals surface area contributed by atoms with E-state index in [2.05, 4.69) is 0 Å². The summed E-state index contributed by atoms with van der Waals surface area (Å²) in [5.74, 6) is 0.0503. The van der Waals surface area contributed by atoms with Crippen molar-refractivity contribution in [3.8, 4) is 0 Å². The molecule has 0 atom stereocenters. The van der Waals surface area contributed by atoms with Gasteiger partial charge in [-0.15, -0.1) is 0 Å². The summed E-state index contributed by atoms with van der Waals surface area (Å²) in [6, 6.07) is 0. The third-order valence-electron chi connectivity index (χ3n) is 1.47. The normalized spacial score (nSPS) is 12.4. The second-order valence-corrected chi connectivity index (χ2v) is 4.28. The largest absolute Gasteiger partial charge is 0.329 e. The highest BCUT2D eigenvalue weighted by atomic mass is 32.2. The Morgan fingerprint density at radius 2 is 1.73 bits per heavy atom. The quantitative estimate of drug-likeness (QED) is 0.627. The van der Waals surface area contributed by atoms with Crippen molar-refractivity contribution >= 4 is 10.0 Å². The van der Waals surface area contributed by atoms with Gasteiger partial charge in [0.2, 0.25) is 10.0 Å². The topological polar surface area (TPSA) is 63.4 Å². The smallest absolute Gasteiger partial charge is 0.215 e. The van der Waals surface area contributed by atoms with Gasteiger partial charge >= 0.3 is 0 Å². The van der Waals surface area contributed by atoms with E-state index in [9.17, 15) is 8.42 Å². The van der Waals surface area contributed by atoms with Gasteiger partial charge in [0.05, 0.1) is 5.75 Å². The zero-order chi connectivity index (χ0) is 8.91. The van der Waals surface area contributed by atoms with Crippen LogP contribution in [0.2, 0.25) is 0 Å². The Hall–Kier alpha value is -0.130. The average molecular weight is 180 g/mol. The molecule has 0 aromatic rings. The van der Waals surface area contributed by atoms with Gasteiger partial charge in [0, 0.05) is 19.6 Å². The van der Waals surface area contributed by atoms with Crippen LogP contribution in [0, 0.1) is 0 Å². The molecule has 0 radical (unpaired) electrons. The van der Waals surface area contributed by atoms with Crippen molar-refractivity contribution in [1.82, 2.24) is 4.31 Å². The summed E-state index contributed by atoms with van der Waals surface area (Å²) in [7, 11) is -3.06. The van der Waals surface area contributed by atoms with E-state index in [1.807, 2.05) is 13.8 Å². The molecule has 0 saturated carbocycles. The molecule has 0 aromatic carbocycles. The molecule has 0 aliphatic rings. The lowest BCUT2D eigenvalue weighted by molar-refractivity contribution is 0.445. The van der Waals surface area contributed by atoms with Crippen LogP contribution in [-0.4, -0.2) is 38.1 Å². The molecule has 0 fully saturated rings. The molecule has 0 rings (SSSR count). The predicted molar refractivity (Wildman–Crippen MR) is 45.8 cm³/mol. The SMILES string of the molecule is CCN(CC)S(=O)(=O)CCN. The molecule has 0 aliphatic carbocycles. The zero-order valence-electron chi connectivity index (χ0n) is 7.08. The van der Waals surface area contributed by atoms with Gasteiger partial charge in [-0.1, -0.05) is 13.8 Å². The highest BCUT2D eigenvalue weighted by Gasteiger charge is 2.16. The average Bonchev–Trinajstić information content (AvgIpc) is 1.89. The summed E-state index contributed by atoms with van der Waals surface area (Å²) in [5.41, 5.74) is 5.16. The number of nitrogens with two attached hydrogens (primary N) is 1. The second-order valence-electron chi connectivity index (χ2n) is 2.19. The summed E-state index contributed by atoms with van der Waals surface area (Å²) >= 11 is 0. The van der Waals surface area contributed by atoms with Gasteiger partial charge in [0.15, 0.2) is 0 Å². The first-order valence-corrected chi connectivity index (χ1v) is 5.37. The Morgan fingerprint density at radius 1 is 1.27 bits per heavy atom. The van der Waals surface area contributed by atoms with E-state index in [1.165, 1.54) is 4.31 Å². The number of hydrogen-bond donors (Lipinski definition) is 1. The molecule has 2 N–H and O–H groups in total. The second kappa shape index (κ2) is 4.69. The van der Waals surface area contributed by atoms with E-state index in [0.717, 1.165) is 0 Å². The Labute approximate surface area is 68.4 Å². The lowest BCUT2D eigenvalue weighted by atomic mass is 10.7. The van der Waals surface area contributed by atoms with Gasteiger partial charge in [-0.25, -0.2) is 12.7 Å². The van der Waals surface area contributed by atoms with Crippen LogP contribution in [0.1, 0.15) is 13.8 Å². The fourth-order valence-electron chi connectivity index (χ4n) is 0.895. The van der Waals surface area contributed by atoms with Crippen molar-refractivity contribution in [3.63, 3.8) is 0 Å². The van der Waals surface area contributed by atoms with Crippen LogP contribution in [0.3, 0.4) is 0 Å². The molecule has 0 amide bonds. The molecule has 0 unspecified atom stereocenters. The molecular formula is C6H16N2O2S. The number of sulfonamides is 1. The van der Waals surface area contributed by atoms with Gasteiger partial charge in [-0.2, -0.15) is 0 Å². The summed E-state index contributed by atoms with van der Waals surface area (Å²) in [4.78, 5) is 0. The van der Waals surface area contributed by atoms with E-state index in [4.69, 9.17) is 5.73 Å². The molecular weight excluding hydrogens is 164 g/mol. The number of nitrogens with zero attached hydrogens (tertiary/aromatic N) is 1. The molecule has 5 heteroatoms. The number of hydrogen-bond acceptors (Lipinski definition) is 3. The van der Waals surface area contributed by atoms with Crippen LogP contribution in [0.15, 0.2) is 0 Å². The van der Waals surface area contributed by atoms with Crippen LogP contribution in [0.5, 0.6) is 0 Å². The lowest BCUT2D eigenvalue weighted by Gasteiger charge is -2.17. The minimum Gasteiger partial charge on any atom is -0.329 e. The van der Waals surface area contributed by atoms with E-state index >= 15 is 0 Å². The standard InChI is InChI=1S/C6H16N2O2S/c1-3-8(4-2)11(9,10)6-5-7/h3-7H2,1-2H3. The Balaban J connectivity index is 4.26. The van der Waals surface area contributed by atoms with Crippen LogP contribution in [0.4, 0.5) is 0 Å². The summed E-state index contributed by atoms with van der Waals surface area (Å²) in [5, 5.41) is 0. The summed E-state index contributed by atoms with van der Waals surface area (Å²) in [6.45, 7) is 4.88. The molecule has 0 saturated heterocycles. The summed E-state index contributed by atoms with van der Waals surface area (Å²) in [6.07, 6.45) is 0. The first-order valence-electron chi connectivity index (χ1n) is 3.76. The van der Waals surface area contributed by atoms with Crippen molar-refractivity contribution in [2.24, 2.45) is 5.73 Å². The monoisotopic (exact) mass is 180 g/mol. The first-order chi connectivity index (χ1) is 5.08. The maximum atomic E-state index is 11.2. The van der Waals surface area contributed by atoms with Crippen LogP contribution in [0.25, 0.3) is 0 Å². The van der Waals surface area contributed by atoms with Gasteiger partial charge in [-0.3, -0.25) is 0 Å². The van der Waals surface area contributed by atoms with Crippen molar-refractivity contribution in [3.05, 3.63) is 0 Å². The molecule has 11 heavy (non-hydrogen) atoms. The van der Waals surface area contributed by atoms with Gasteiger partial charge in [0.25, 0.3) is 0 Å². The van der Waals surface area contributed by atoms with Crippen molar-refractivity contribution in [1.29, 1.82) is 0 Å². The van der Waals surface area contributed by atoms with E-state index in [0.29, 0.717) is 13.1 Å². The van der Waals surface area contributed by atoms with Gasteiger partial charge in [-0.05, 0) is 0 Å². The van der Waals surface area contributed by atoms with Gasteiger partial charge < -0.3 is 5.73 Å². The van der Waals surface area contributed by atoms with E-state index in [-0.39, 0.29) is 12.3 Å². The van der Waals surface area contributed by atoms with Crippen LogP contribution < -0.4 is 5.73 Å². The zero-order valence-corrected chi connectivity index (χ0v) is 7.89. The predicted octanol–water partition coefficient (Wildman–Crippen LogP) is -0.383. The van der Waals surface area contributed by atoms with Crippen molar-refractivity contribution < 1.29 is 8.42 Å². The van der Waals surface area contributed by atoms with Crippen molar-refractivity contribution in [2.45, 2.75) is 13.8 Å². The molecule has 0 spiro atoms. The molecule has 0 aromatic heterocycles. The number of rotatable bonds is 5. The van der Waals surface area contributed by atoms with Crippen LogP contribution >= 0.6 is 0 Å². The third kappa shape index (κ3) is 3.18. The molecule has 68 valence electrons.